The minimum atomic E-state index is -2.01. The Bertz CT molecular complexity index is 4460. The summed E-state index contributed by atoms with van der Waals surface area (Å²) in [5.41, 5.74) is 11.0. The number of H-pyrrole nitrogens is 1. The van der Waals surface area contributed by atoms with E-state index in [0.29, 0.717) is 124 Å². The molecule has 107 heavy (non-hydrogen) atoms. The number of anilines is 1. The molecule has 6 aromatic heterocycles. The Morgan fingerprint density at radius 3 is 1.44 bits per heavy atom. The molecular weight excluding hydrogens is 1490 g/mol. The molecule has 0 amide bonds. The second-order valence-electron chi connectivity index (χ2n) is 31.6. The Kier molecular flexibility index (Phi) is 22.9. The summed E-state index contributed by atoms with van der Waals surface area (Å²) in [4.78, 5) is 30.7. The molecule has 14 heterocycles. The van der Waals surface area contributed by atoms with Crippen LogP contribution < -0.4 is 19.9 Å². The van der Waals surface area contributed by atoms with Gasteiger partial charge in [0.1, 0.15) is 95.2 Å². The molecule has 0 bridgehead atoms. The lowest BCUT2D eigenvalue weighted by Gasteiger charge is -2.39. The molecule has 2 aromatic carbocycles. The number of nitrogens with two attached hydrogens (primary N) is 1. The number of rotatable bonds is 18. The second-order valence-corrected chi connectivity index (χ2v) is 42.3. The molecule has 14 atom stereocenters. The quantitative estimate of drug-likeness (QED) is 0.0498. The first-order valence-electron chi connectivity index (χ1n) is 36.8. The fraction of sp³-hybridized carbons (Fsp3) is 0.595. The number of pyridine rings is 3. The van der Waals surface area contributed by atoms with E-state index in [4.69, 9.17) is 116 Å². The summed E-state index contributed by atoms with van der Waals surface area (Å²) >= 11 is 19.2. The number of nitrogens with one attached hydrogen (secondary N) is 1. The molecule has 580 valence electrons. The largest absolute Gasteiger partial charge is 0.508 e. The Balaban J connectivity index is 0.000000137. The SMILES string of the molecule is CC(C)(C)[Si](C)(C)O[C@@H]1CO[C@H]2[C@@H]1OC[C@H]2Oc1nc2cc(Cl)c(CCc3c(O)cccc3F)nc2n1C1CCCCO1.CC(C)(C)[Si](C)(C)O[C@@H]1CO[C@H]2[C@@H]1OC[C@H]2Oc1nc2cc(Cl)c(N)nc2n1C1CCCCO1.Oc1cccc(F)c1CCc1nc2nc(O[C@@H]3CO[C@H]4[C@@H]3OC[C@H]4O)[nH]c2cc1Cl. The van der Waals surface area contributed by atoms with Crippen molar-refractivity contribution in [1.82, 2.24) is 44.0 Å². The zero-order chi connectivity index (χ0) is 75.6. The molecule has 33 heteroatoms. The molecule has 8 aliphatic rings. The summed E-state index contributed by atoms with van der Waals surface area (Å²) in [5.74, 6) is -0.863. The third kappa shape index (κ3) is 16.3. The third-order valence-corrected chi connectivity index (χ3v) is 32.2. The van der Waals surface area contributed by atoms with E-state index >= 15 is 0 Å². The lowest BCUT2D eigenvalue weighted by atomic mass is 10.1. The Labute approximate surface area is 636 Å². The number of hydrogen-bond acceptors (Lipinski definition) is 23. The lowest BCUT2D eigenvalue weighted by molar-refractivity contribution is -0.0408. The monoisotopic (exact) mass is 1580 g/mol. The van der Waals surface area contributed by atoms with E-state index in [-0.39, 0.29) is 138 Å². The van der Waals surface area contributed by atoms with Crippen molar-refractivity contribution in [1.29, 1.82) is 0 Å². The van der Waals surface area contributed by atoms with Crippen LogP contribution in [0.25, 0.3) is 33.5 Å². The Morgan fingerprint density at radius 1 is 0.523 bits per heavy atom. The molecular formula is C74H95Cl3F2N10O16Si2. The minimum Gasteiger partial charge on any atom is -0.508 e. The summed E-state index contributed by atoms with van der Waals surface area (Å²) in [5, 5.41) is 31.2. The van der Waals surface area contributed by atoms with Gasteiger partial charge in [0.25, 0.3) is 6.01 Å². The van der Waals surface area contributed by atoms with Crippen LogP contribution >= 0.6 is 34.8 Å². The number of aliphatic hydroxyl groups excluding tert-OH is 1. The minimum absolute atomic E-state index is 0.0766. The normalized spacial score (nSPS) is 27.3. The topological polar surface area (TPSA) is 310 Å². The molecule has 0 saturated carbocycles. The molecule has 2 unspecified atom stereocenters. The number of imidazole rings is 3. The summed E-state index contributed by atoms with van der Waals surface area (Å²) in [7, 11) is -3.97. The molecule has 16 rings (SSSR count). The first-order valence-corrected chi connectivity index (χ1v) is 43.8. The van der Waals surface area contributed by atoms with Gasteiger partial charge in [-0.3, -0.25) is 9.13 Å². The van der Waals surface area contributed by atoms with Crippen LogP contribution in [0.2, 0.25) is 51.3 Å². The highest BCUT2D eigenvalue weighted by atomic mass is 35.5. The predicted octanol–water partition coefficient (Wildman–Crippen LogP) is 12.8. The molecule has 8 fully saturated rings. The molecule has 0 spiro atoms. The third-order valence-electron chi connectivity index (χ3n) is 22.2. The summed E-state index contributed by atoms with van der Waals surface area (Å²) < 4.78 is 112. The second kappa shape index (κ2) is 31.5. The Morgan fingerprint density at radius 2 is 0.953 bits per heavy atom. The Hall–Kier alpha value is -6.18. The van der Waals surface area contributed by atoms with Gasteiger partial charge in [0.05, 0.1) is 83.8 Å². The summed E-state index contributed by atoms with van der Waals surface area (Å²) in [6.07, 6.45) is 2.72. The van der Waals surface area contributed by atoms with Gasteiger partial charge in [-0.2, -0.15) is 15.0 Å². The molecule has 26 nitrogen and oxygen atoms in total. The van der Waals surface area contributed by atoms with Gasteiger partial charge in [-0.15, -0.1) is 0 Å². The zero-order valence-electron chi connectivity index (χ0n) is 61.7. The number of phenolic OH excluding ortho intramolecular Hbond substituents is 2. The first kappa shape index (κ1) is 77.5. The van der Waals surface area contributed by atoms with Crippen molar-refractivity contribution in [3.8, 4) is 29.5 Å². The van der Waals surface area contributed by atoms with Gasteiger partial charge < -0.3 is 87.0 Å². The van der Waals surface area contributed by atoms with Gasteiger partial charge in [-0.05, 0) is 143 Å². The van der Waals surface area contributed by atoms with Crippen molar-refractivity contribution in [2.45, 2.75) is 228 Å². The molecule has 0 aliphatic carbocycles. The van der Waals surface area contributed by atoms with Crippen molar-refractivity contribution in [2.24, 2.45) is 0 Å². The van der Waals surface area contributed by atoms with E-state index in [1.54, 1.807) is 18.2 Å². The van der Waals surface area contributed by atoms with Crippen LogP contribution in [0.1, 0.15) is 115 Å². The molecule has 8 saturated heterocycles. The van der Waals surface area contributed by atoms with Crippen LogP contribution in [0.4, 0.5) is 14.6 Å². The molecule has 0 radical (unpaired) electrons. The average molecular weight is 1580 g/mol. The van der Waals surface area contributed by atoms with Gasteiger partial charge in [0.2, 0.25) is 0 Å². The number of benzene rings is 2. The standard InChI is InChI=1S/C31H41ClFN3O6Si.C23H35ClN4O5Si.C20H19ClFN3O5/c1-31(2,3)43(4,5)42-25-17-40-27-24(16-39-28(25)27)41-30-35-22-15-19(32)21(13-12-18-20(33)9-8-10-23(18)37)34-29(22)36(30)26-11-6-7-14-38-26;1-23(2,3)34(4,5)33-16-12-31-18-15(11-30-19(16)18)32-22-26-14-10-13(24)20(25)27-21(14)28(22)17-8-6-7-9-29-17;21-10-6-13-19(23-12(10)5-4-9-11(22)2-1-3-14(9)26)25-20(24-13)30-16-8-29-17-15(27)7-28-18(16)17/h8-10,15,24-28,37H,6-7,11-14,16-17H2,1-5H3;10,15-19H,6-9,11-12H2,1-5H3,(H2,25,27);1-3,6,15-18,26-27H,4-5,7-8H2,(H,23,24,25)/t24-,25-,26?,27-,28-;15-,16-,17?,18-,19-;15-,16-,17-,18-/m111/s1. The smallest absolute Gasteiger partial charge is 0.301 e. The number of nitrogens with zero attached hydrogens (tertiary/aromatic N) is 8. The average Bonchev–Trinajstić information content (AvgIpc) is 1.62. The van der Waals surface area contributed by atoms with Crippen LogP contribution in [0.3, 0.4) is 0 Å². The van der Waals surface area contributed by atoms with Gasteiger partial charge in [0.15, 0.2) is 51.9 Å². The zero-order valence-corrected chi connectivity index (χ0v) is 66.0. The fourth-order valence-corrected chi connectivity index (χ4v) is 17.5. The maximum absolute atomic E-state index is 14.4. The number of phenols is 2. The number of aliphatic hydroxyl groups is 1. The van der Waals surface area contributed by atoms with E-state index in [2.05, 4.69) is 87.7 Å². The highest BCUT2D eigenvalue weighted by molar-refractivity contribution is 6.74. The van der Waals surface area contributed by atoms with E-state index in [0.717, 1.165) is 38.5 Å². The number of nitrogen functional groups attached to an aromatic ring is 1. The van der Waals surface area contributed by atoms with E-state index < -0.39 is 46.6 Å². The fourth-order valence-electron chi connectivity index (χ4n) is 14.3. The van der Waals surface area contributed by atoms with Crippen molar-refractivity contribution in [3.05, 3.63) is 104 Å². The summed E-state index contributed by atoms with van der Waals surface area (Å²) in [6, 6.07) is 14.7. The van der Waals surface area contributed by atoms with Crippen LogP contribution in [-0.2, 0) is 72.4 Å². The van der Waals surface area contributed by atoms with Gasteiger partial charge in [0, 0.05) is 24.3 Å². The van der Waals surface area contributed by atoms with E-state index in [9.17, 15) is 24.1 Å². The van der Waals surface area contributed by atoms with Crippen LogP contribution in [0.5, 0.6) is 29.5 Å². The van der Waals surface area contributed by atoms with E-state index in [1.165, 1.54) is 36.4 Å². The number of hydrogen-bond donors (Lipinski definition) is 5. The number of ether oxygens (including phenoxy) is 11. The summed E-state index contributed by atoms with van der Waals surface area (Å²) in [6.45, 7) is 25.9. The first-order chi connectivity index (χ1) is 51.0. The molecule has 8 aliphatic heterocycles. The maximum Gasteiger partial charge on any atom is 0.301 e. The van der Waals surface area contributed by atoms with Crippen molar-refractivity contribution in [2.75, 3.05) is 58.6 Å². The van der Waals surface area contributed by atoms with Crippen LogP contribution in [0.15, 0.2) is 54.6 Å². The van der Waals surface area contributed by atoms with Crippen molar-refractivity contribution < 1.29 is 85.1 Å². The number of aromatic hydroxyl groups is 2. The van der Waals surface area contributed by atoms with Crippen molar-refractivity contribution in [3.63, 3.8) is 0 Å². The maximum atomic E-state index is 14.4. The highest BCUT2D eigenvalue weighted by Gasteiger charge is 2.55. The van der Waals surface area contributed by atoms with Crippen molar-refractivity contribution >= 4 is 90.7 Å². The van der Waals surface area contributed by atoms with Gasteiger partial charge in [-0.1, -0.05) is 88.5 Å². The molecule has 6 N–H and O–H groups in total. The predicted molar refractivity (Wildman–Crippen MR) is 399 cm³/mol. The van der Waals surface area contributed by atoms with Gasteiger partial charge >= 0.3 is 12.0 Å². The number of halogens is 5. The van der Waals surface area contributed by atoms with Gasteiger partial charge in [-0.25, -0.2) is 23.7 Å². The number of aromatic nitrogens is 9. The number of aromatic amines is 1. The van der Waals surface area contributed by atoms with E-state index in [1.807, 2.05) is 9.13 Å². The molecule has 8 aromatic rings. The number of fused-ring (bicyclic) bond motifs is 6. The lowest BCUT2D eigenvalue weighted by Crippen LogP contribution is -2.47. The van der Waals surface area contributed by atoms with Crippen LogP contribution in [-0.4, -0.2) is 202 Å². The highest BCUT2D eigenvalue weighted by Crippen LogP contribution is 2.45. The number of aryl methyl sites for hydroxylation is 2. The van der Waals surface area contributed by atoms with Crippen LogP contribution in [0, 0.1) is 11.6 Å².